The van der Waals surface area contributed by atoms with Gasteiger partial charge >= 0.3 is 0 Å². The van der Waals surface area contributed by atoms with Crippen molar-refractivity contribution in [3.05, 3.63) is 58.4 Å². The van der Waals surface area contributed by atoms with E-state index in [2.05, 4.69) is 10.2 Å². The summed E-state index contributed by atoms with van der Waals surface area (Å²) >= 11 is 6.10. The van der Waals surface area contributed by atoms with Crippen LogP contribution in [0.15, 0.2) is 30.3 Å². The number of carbonyl (C=O) groups is 1. The van der Waals surface area contributed by atoms with E-state index in [0.717, 1.165) is 41.4 Å². The molecule has 1 saturated heterocycles. The predicted octanol–water partition coefficient (Wildman–Crippen LogP) is 2.80. The van der Waals surface area contributed by atoms with Gasteiger partial charge in [0.05, 0.1) is 31.9 Å². The standard InChI is InChI=1S/C20H21ClF3N3O/c1-12-3-4-14(21)11-17(12)27-9-7-26(8-10-27)13(2)20(28)25-16-6-5-15(22)18(23)19(16)24/h3-6,11,13H,7-10H2,1-2H3,(H,25,28)/p+1/t13-/m1/s1. The molecule has 28 heavy (non-hydrogen) atoms. The fourth-order valence-electron chi connectivity index (χ4n) is 3.44. The number of nitrogens with one attached hydrogen (secondary N) is 2. The molecule has 0 radical (unpaired) electrons. The van der Waals surface area contributed by atoms with Crippen molar-refractivity contribution in [1.82, 2.24) is 0 Å². The molecule has 1 aliphatic rings. The molecule has 0 saturated carbocycles. The van der Waals surface area contributed by atoms with E-state index < -0.39 is 29.4 Å². The van der Waals surface area contributed by atoms with Crippen LogP contribution < -0.4 is 15.1 Å². The van der Waals surface area contributed by atoms with Gasteiger partial charge in [-0.3, -0.25) is 4.79 Å². The molecule has 1 fully saturated rings. The fraction of sp³-hybridized carbons (Fsp3) is 0.350. The zero-order valence-electron chi connectivity index (χ0n) is 15.7. The molecule has 150 valence electrons. The quantitative estimate of drug-likeness (QED) is 0.758. The maximum atomic E-state index is 13.8. The molecular formula is C20H22ClF3N3O+. The highest BCUT2D eigenvalue weighted by atomic mass is 35.5. The molecule has 8 heteroatoms. The van der Waals surface area contributed by atoms with Gasteiger partial charge in [0, 0.05) is 10.7 Å². The molecule has 0 unspecified atom stereocenters. The summed E-state index contributed by atoms with van der Waals surface area (Å²) in [5.41, 5.74) is 1.85. The number of amides is 1. The number of quaternary nitrogens is 1. The van der Waals surface area contributed by atoms with Crippen LogP contribution in [0.2, 0.25) is 5.02 Å². The summed E-state index contributed by atoms with van der Waals surface area (Å²) in [4.78, 5) is 15.7. The van der Waals surface area contributed by atoms with E-state index in [0.29, 0.717) is 18.1 Å². The van der Waals surface area contributed by atoms with E-state index >= 15 is 0 Å². The zero-order valence-corrected chi connectivity index (χ0v) is 16.4. The van der Waals surface area contributed by atoms with Crippen molar-refractivity contribution < 1.29 is 22.9 Å². The number of benzene rings is 2. The number of nitrogens with zero attached hydrogens (tertiary/aromatic N) is 1. The lowest BCUT2D eigenvalue weighted by Gasteiger charge is -2.36. The van der Waals surface area contributed by atoms with Crippen molar-refractivity contribution in [2.75, 3.05) is 36.4 Å². The molecule has 3 rings (SSSR count). The smallest absolute Gasteiger partial charge is 0.282 e. The Balaban J connectivity index is 1.62. The lowest BCUT2D eigenvalue weighted by Crippen LogP contribution is -3.19. The lowest BCUT2D eigenvalue weighted by molar-refractivity contribution is -0.914. The first-order valence-corrected chi connectivity index (χ1v) is 9.45. The van der Waals surface area contributed by atoms with E-state index in [1.165, 1.54) is 0 Å². The van der Waals surface area contributed by atoms with Crippen molar-refractivity contribution in [2.24, 2.45) is 0 Å². The summed E-state index contributed by atoms with van der Waals surface area (Å²) in [5, 5.41) is 3.04. The van der Waals surface area contributed by atoms with Gasteiger partial charge in [-0.05, 0) is 43.7 Å². The van der Waals surface area contributed by atoms with Gasteiger partial charge in [-0.25, -0.2) is 13.2 Å². The highest BCUT2D eigenvalue weighted by Gasteiger charge is 2.30. The Morgan fingerprint density at radius 1 is 1.14 bits per heavy atom. The Morgan fingerprint density at radius 2 is 1.82 bits per heavy atom. The third-order valence-corrected chi connectivity index (χ3v) is 5.45. The first kappa shape index (κ1) is 20.5. The van der Waals surface area contributed by atoms with Gasteiger partial charge in [0.1, 0.15) is 0 Å². The molecule has 2 aromatic carbocycles. The molecule has 1 atom stereocenters. The van der Waals surface area contributed by atoms with Crippen LogP contribution in [0.3, 0.4) is 0 Å². The SMILES string of the molecule is Cc1ccc(Cl)cc1N1CC[NH+]([C@H](C)C(=O)Nc2ccc(F)c(F)c2F)CC1. The number of aryl methyl sites for hydroxylation is 1. The van der Waals surface area contributed by atoms with E-state index in [1.54, 1.807) is 6.92 Å². The van der Waals surface area contributed by atoms with E-state index in [4.69, 9.17) is 11.6 Å². The summed E-state index contributed by atoms with van der Waals surface area (Å²) in [6.07, 6.45) is 0. The number of hydrogen-bond donors (Lipinski definition) is 2. The minimum atomic E-state index is -1.59. The van der Waals surface area contributed by atoms with Crippen LogP contribution in [-0.2, 0) is 4.79 Å². The number of hydrogen-bond acceptors (Lipinski definition) is 2. The van der Waals surface area contributed by atoms with Crippen molar-refractivity contribution in [3.63, 3.8) is 0 Å². The van der Waals surface area contributed by atoms with Crippen LogP contribution >= 0.6 is 11.6 Å². The number of rotatable bonds is 4. The summed E-state index contributed by atoms with van der Waals surface area (Å²) in [5.74, 6) is -4.71. The highest BCUT2D eigenvalue weighted by molar-refractivity contribution is 6.30. The Hall–Kier alpha value is -2.25. The Morgan fingerprint density at radius 3 is 2.50 bits per heavy atom. The number of anilines is 2. The number of piperazine rings is 1. The van der Waals surface area contributed by atoms with E-state index in [9.17, 15) is 18.0 Å². The van der Waals surface area contributed by atoms with Gasteiger partial charge in [0.25, 0.3) is 5.91 Å². The molecule has 2 aromatic rings. The normalized spacial score (nSPS) is 16.1. The van der Waals surface area contributed by atoms with Crippen molar-refractivity contribution in [2.45, 2.75) is 19.9 Å². The molecule has 0 aromatic heterocycles. The first-order chi connectivity index (χ1) is 13.3. The van der Waals surface area contributed by atoms with Crippen molar-refractivity contribution in [1.29, 1.82) is 0 Å². The molecule has 1 heterocycles. The fourth-order valence-corrected chi connectivity index (χ4v) is 3.61. The van der Waals surface area contributed by atoms with Gasteiger partial charge in [-0.1, -0.05) is 17.7 Å². The second kappa shape index (κ2) is 8.41. The molecular weight excluding hydrogens is 391 g/mol. The summed E-state index contributed by atoms with van der Waals surface area (Å²) in [6, 6.07) is 7.11. The highest BCUT2D eigenvalue weighted by Crippen LogP contribution is 2.24. The zero-order chi connectivity index (χ0) is 20.4. The summed E-state index contributed by atoms with van der Waals surface area (Å²) in [7, 11) is 0. The topological polar surface area (TPSA) is 36.8 Å². The minimum absolute atomic E-state index is 0.358. The van der Waals surface area contributed by atoms with Gasteiger partial charge < -0.3 is 15.1 Å². The molecule has 0 spiro atoms. The van der Waals surface area contributed by atoms with Crippen molar-refractivity contribution in [3.8, 4) is 0 Å². The van der Waals surface area contributed by atoms with Gasteiger partial charge in [0.15, 0.2) is 23.5 Å². The molecule has 0 aliphatic carbocycles. The monoisotopic (exact) mass is 412 g/mol. The van der Waals surface area contributed by atoms with Crippen LogP contribution in [-0.4, -0.2) is 38.1 Å². The average molecular weight is 413 g/mol. The Labute approximate surface area is 166 Å². The third kappa shape index (κ3) is 4.25. The van der Waals surface area contributed by atoms with E-state index in [1.807, 2.05) is 25.1 Å². The maximum Gasteiger partial charge on any atom is 0.282 e. The Kier molecular flexibility index (Phi) is 6.15. The van der Waals surface area contributed by atoms with Crippen molar-refractivity contribution >= 4 is 28.9 Å². The number of halogens is 4. The molecule has 4 nitrogen and oxygen atoms in total. The Bertz CT molecular complexity index is 885. The summed E-state index contributed by atoms with van der Waals surface area (Å²) < 4.78 is 40.2. The first-order valence-electron chi connectivity index (χ1n) is 9.08. The minimum Gasteiger partial charge on any atom is -0.360 e. The second-order valence-electron chi connectivity index (χ2n) is 7.01. The lowest BCUT2D eigenvalue weighted by atomic mass is 10.1. The molecule has 1 amide bonds. The molecule has 1 aliphatic heterocycles. The molecule has 2 N–H and O–H groups in total. The van der Waals surface area contributed by atoms with Crippen LogP contribution in [0.4, 0.5) is 24.5 Å². The third-order valence-electron chi connectivity index (χ3n) is 5.22. The van der Waals surface area contributed by atoms with Crippen LogP contribution in [0.5, 0.6) is 0 Å². The maximum absolute atomic E-state index is 13.8. The largest absolute Gasteiger partial charge is 0.360 e. The van der Waals surface area contributed by atoms with Gasteiger partial charge in [-0.2, -0.15) is 0 Å². The van der Waals surface area contributed by atoms with Crippen LogP contribution in [0, 0.1) is 24.4 Å². The van der Waals surface area contributed by atoms with Gasteiger partial charge in [-0.15, -0.1) is 0 Å². The van der Waals surface area contributed by atoms with Gasteiger partial charge in [0.2, 0.25) is 0 Å². The second-order valence-corrected chi connectivity index (χ2v) is 7.45. The molecule has 0 bridgehead atoms. The van der Waals surface area contributed by atoms with Crippen LogP contribution in [0.25, 0.3) is 0 Å². The number of carbonyl (C=O) groups excluding carboxylic acids is 1. The average Bonchev–Trinajstić information content (AvgIpc) is 2.69. The predicted molar refractivity (Wildman–Crippen MR) is 104 cm³/mol. The van der Waals surface area contributed by atoms with E-state index in [-0.39, 0.29) is 5.69 Å². The van der Waals surface area contributed by atoms with Crippen LogP contribution in [0.1, 0.15) is 12.5 Å². The summed E-state index contributed by atoms with van der Waals surface area (Å²) in [6.45, 7) is 6.67.